The molecular weight excluding hydrogens is 300 g/mol. The fourth-order valence-electron chi connectivity index (χ4n) is 2.44. The van der Waals surface area contributed by atoms with Crippen LogP contribution in [0.4, 0.5) is 0 Å². The van der Waals surface area contributed by atoms with E-state index in [1.165, 1.54) is 0 Å². The molecule has 3 heteroatoms. The number of para-hydroxylation sites is 1. The number of ether oxygens (including phenoxy) is 2. The average Bonchev–Trinajstić information content (AvgIpc) is 2.66. The summed E-state index contributed by atoms with van der Waals surface area (Å²) < 4.78 is 11.5. The van der Waals surface area contributed by atoms with Gasteiger partial charge in [-0.15, -0.1) is 0 Å². The molecule has 24 heavy (non-hydrogen) atoms. The largest absolute Gasteiger partial charge is 0.490 e. The van der Waals surface area contributed by atoms with E-state index < -0.39 is 0 Å². The van der Waals surface area contributed by atoms with E-state index in [0.717, 1.165) is 23.2 Å². The van der Waals surface area contributed by atoms with Gasteiger partial charge in [0.2, 0.25) is 0 Å². The van der Waals surface area contributed by atoms with Gasteiger partial charge in [-0.1, -0.05) is 60.7 Å². The van der Waals surface area contributed by atoms with Crippen LogP contribution < -0.4 is 9.47 Å². The second kappa shape index (κ2) is 7.97. The summed E-state index contributed by atoms with van der Waals surface area (Å²) in [5, 5.41) is 0. The molecule has 0 aromatic heterocycles. The third-order valence-electron chi connectivity index (χ3n) is 3.58. The Hall–Kier alpha value is -3.07. The van der Waals surface area contributed by atoms with Crippen molar-refractivity contribution in [3.8, 4) is 22.6 Å². The number of hydrogen-bond donors (Lipinski definition) is 0. The molecule has 0 fully saturated rings. The fraction of sp³-hybridized carbons (Fsp3) is 0.0952. The Morgan fingerprint density at radius 1 is 0.750 bits per heavy atom. The van der Waals surface area contributed by atoms with Crippen molar-refractivity contribution in [2.75, 3.05) is 13.2 Å². The summed E-state index contributed by atoms with van der Waals surface area (Å²) in [6.45, 7) is 0.834. The molecule has 3 aromatic rings. The average molecular weight is 318 g/mol. The van der Waals surface area contributed by atoms with Gasteiger partial charge < -0.3 is 9.47 Å². The monoisotopic (exact) mass is 318 g/mol. The Morgan fingerprint density at radius 3 is 2.33 bits per heavy atom. The molecule has 0 atom stereocenters. The van der Waals surface area contributed by atoms with Crippen molar-refractivity contribution in [2.24, 2.45) is 0 Å². The summed E-state index contributed by atoms with van der Waals surface area (Å²) in [6, 6.07) is 25.2. The first-order valence-electron chi connectivity index (χ1n) is 7.82. The molecule has 0 spiro atoms. The maximum absolute atomic E-state index is 10.8. The third-order valence-corrected chi connectivity index (χ3v) is 3.58. The van der Waals surface area contributed by atoms with Crippen molar-refractivity contribution < 1.29 is 14.3 Å². The van der Waals surface area contributed by atoms with Crippen LogP contribution in [0.1, 0.15) is 10.4 Å². The first-order valence-corrected chi connectivity index (χ1v) is 7.82. The van der Waals surface area contributed by atoms with Crippen LogP contribution in [0.25, 0.3) is 11.1 Å². The number of carbonyl (C=O) groups is 1. The molecule has 0 aliphatic carbocycles. The van der Waals surface area contributed by atoms with Crippen molar-refractivity contribution in [1.29, 1.82) is 0 Å². The summed E-state index contributed by atoms with van der Waals surface area (Å²) in [6.07, 6.45) is 0.805. The zero-order valence-electron chi connectivity index (χ0n) is 13.2. The second-order valence-corrected chi connectivity index (χ2v) is 5.25. The Morgan fingerprint density at radius 2 is 1.50 bits per heavy atom. The highest BCUT2D eigenvalue weighted by Crippen LogP contribution is 2.29. The van der Waals surface area contributed by atoms with Gasteiger partial charge in [0.15, 0.2) is 0 Å². The number of rotatable bonds is 7. The molecule has 0 N–H and O–H groups in total. The van der Waals surface area contributed by atoms with Gasteiger partial charge in [0.25, 0.3) is 0 Å². The van der Waals surface area contributed by atoms with Gasteiger partial charge in [0.05, 0.1) is 0 Å². The molecule has 0 saturated heterocycles. The van der Waals surface area contributed by atoms with Crippen molar-refractivity contribution in [3.63, 3.8) is 0 Å². The lowest BCUT2D eigenvalue weighted by molar-refractivity contribution is 0.112. The van der Waals surface area contributed by atoms with E-state index in [2.05, 4.69) is 12.1 Å². The standard InChI is InChI=1S/C21H18O3/c22-16-17-7-6-10-19(15-17)23-13-14-24-21-12-5-4-11-20(21)18-8-2-1-3-9-18/h1-12,15-16H,13-14H2. The van der Waals surface area contributed by atoms with Crippen LogP contribution in [0.15, 0.2) is 78.9 Å². The maximum atomic E-state index is 10.8. The van der Waals surface area contributed by atoms with Crippen LogP contribution in [0.2, 0.25) is 0 Å². The smallest absolute Gasteiger partial charge is 0.150 e. The lowest BCUT2D eigenvalue weighted by Gasteiger charge is -2.12. The Balaban J connectivity index is 1.60. The summed E-state index contributed by atoms with van der Waals surface area (Å²) >= 11 is 0. The summed E-state index contributed by atoms with van der Waals surface area (Å²) in [4.78, 5) is 10.8. The van der Waals surface area contributed by atoms with Crippen LogP contribution in [0, 0.1) is 0 Å². The first-order chi connectivity index (χ1) is 11.9. The van der Waals surface area contributed by atoms with Gasteiger partial charge in [-0.05, 0) is 23.8 Å². The molecule has 0 unspecified atom stereocenters. The first kappa shape index (κ1) is 15.8. The van der Waals surface area contributed by atoms with Crippen LogP contribution in [0.5, 0.6) is 11.5 Å². The Bertz CT molecular complexity index is 797. The molecule has 3 aromatic carbocycles. The van der Waals surface area contributed by atoms with E-state index in [4.69, 9.17) is 9.47 Å². The van der Waals surface area contributed by atoms with E-state index >= 15 is 0 Å². The molecule has 3 rings (SSSR count). The van der Waals surface area contributed by atoms with Crippen LogP contribution in [-0.4, -0.2) is 19.5 Å². The van der Waals surface area contributed by atoms with Gasteiger partial charge in [0, 0.05) is 11.1 Å². The summed E-state index contributed by atoms with van der Waals surface area (Å²) in [5.74, 6) is 1.49. The van der Waals surface area contributed by atoms with E-state index in [1.54, 1.807) is 18.2 Å². The van der Waals surface area contributed by atoms with E-state index in [1.807, 2.05) is 48.5 Å². The van der Waals surface area contributed by atoms with Gasteiger partial charge >= 0.3 is 0 Å². The highest BCUT2D eigenvalue weighted by atomic mass is 16.5. The van der Waals surface area contributed by atoms with Crippen LogP contribution >= 0.6 is 0 Å². The molecule has 0 saturated carbocycles. The highest BCUT2D eigenvalue weighted by Gasteiger charge is 2.05. The molecule has 0 bridgehead atoms. The zero-order valence-corrected chi connectivity index (χ0v) is 13.2. The minimum absolute atomic E-state index is 0.408. The number of aldehydes is 1. The van der Waals surface area contributed by atoms with Gasteiger partial charge in [0.1, 0.15) is 31.0 Å². The SMILES string of the molecule is O=Cc1cccc(OCCOc2ccccc2-c2ccccc2)c1. The lowest BCUT2D eigenvalue weighted by atomic mass is 10.1. The van der Waals surface area contributed by atoms with Crippen LogP contribution in [-0.2, 0) is 0 Å². The third kappa shape index (κ3) is 4.02. The zero-order chi connectivity index (χ0) is 16.6. The molecule has 3 nitrogen and oxygen atoms in total. The van der Waals surface area contributed by atoms with Gasteiger partial charge in [-0.3, -0.25) is 4.79 Å². The predicted octanol–water partition coefficient (Wildman–Crippen LogP) is 4.62. The minimum atomic E-state index is 0.408. The van der Waals surface area contributed by atoms with Crippen molar-refractivity contribution in [2.45, 2.75) is 0 Å². The Labute approximate surface area is 141 Å². The molecular formula is C21H18O3. The molecule has 0 heterocycles. The van der Waals surface area contributed by atoms with Crippen molar-refractivity contribution in [1.82, 2.24) is 0 Å². The molecule has 0 aliphatic heterocycles. The van der Waals surface area contributed by atoms with E-state index in [9.17, 15) is 4.79 Å². The number of benzene rings is 3. The fourth-order valence-corrected chi connectivity index (χ4v) is 2.44. The number of carbonyl (C=O) groups excluding carboxylic acids is 1. The summed E-state index contributed by atoms with van der Waals surface area (Å²) in [7, 11) is 0. The minimum Gasteiger partial charge on any atom is -0.490 e. The van der Waals surface area contributed by atoms with Gasteiger partial charge in [-0.2, -0.15) is 0 Å². The van der Waals surface area contributed by atoms with E-state index in [0.29, 0.717) is 24.5 Å². The normalized spacial score (nSPS) is 10.2. The highest BCUT2D eigenvalue weighted by molar-refractivity contribution is 5.75. The van der Waals surface area contributed by atoms with Gasteiger partial charge in [-0.25, -0.2) is 0 Å². The topological polar surface area (TPSA) is 35.5 Å². The molecule has 0 aliphatic rings. The van der Waals surface area contributed by atoms with Crippen LogP contribution in [0.3, 0.4) is 0 Å². The predicted molar refractivity (Wildman–Crippen MR) is 94.7 cm³/mol. The molecule has 120 valence electrons. The van der Waals surface area contributed by atoms with Crippen molar-refractivity contribution in [3.05, 3.63) is 84.4 Å². The quantitative estimate of drug-likeness (QED) is 0.471. The second-order valence-electron chi connectivity index (χ2n) is 5.25. The molecule has 0 radical (unpaired) electrons. The van der Waals surface area contributed by atoms with E-state index in [-0.39, 0.29) is 0 Å². The molecule has 0 amide bonds. The number of hydrogen-bond acceptors (Lipinski definition) is 3. The Kier molecular flexibility index (Phi) is 5.25. The lowest BCUT2D eigenvalue weighted by Crippen LogP contribution is -2.09. The summed E-state index contributed by atoms with van der Waals surface area (Å²) in [5.41, 5.74) is 2.77. The maximum Gasteiger partial charge on any atom is 0.150 e. The van der Waals surface area contributed by atoms with Crippen molar-refractivity contribution >= 4 is 6.29 Å².